The van der Waals surface area contributed by atoms with Crippen molar-refractivity contribution in [2.75, 3.05) is 0 Å². The van der Waals surface area contributed by atoms with Gasteiger partial charge in [0.15, 0.2) is 0 Å². The van der Waals surface area contributed by atoms with Gasteiger partial charge in [-0.3, -0.25) is 4.68 Å². The van der Waals surface area contributed by atoms with Crippen LogP contribution in [0.2, 0.25) is 0 Å². The van der Waals surface area contributed by atoms with E-state index in [0.717, 1.165) is 3.57 Å². The molecule has 1 aromatic heterocycles. The van der Waals surface area contributed by atoms with E-state index in [1.54, 1.807) is 17.8 Å². The summed E-state index contributed by atoms with van der Waals surface area (Å²) < 4.78 is 2.82. The van der Waals surface area contributed by atoms with Gasteiger partial charge in [0.1, 0.15) is 0 Å². The quantitative estimate of drug-likeness (QED) is 0.793. The Hall–Kier alpha value is -0.100. The van der Waals surface area contributed by atoms with Gasteiger partial charge >= 0.3 is 0 Å². The second kappa shape index (κ2) is 3.34. The number of aliphatic hydroxyl groups is 1. The molecule has 1 N–H and O–H groups in total. The molecule has 0 saturated heterocycles. The summed E-state index contributed by atoms with van der Waals surface area (Å²) in [5.41, 5.74) is 0. The molecule has 0 aliphatic rings. The molecule has 4 heteroatoms. The maximum atomic E-state index is 8.95. The van der Waals surface area contributed by atoms with Gasteiger partial charge in [0.25, 0.3) is 0 Å². The summed E-state index contributed by atoms with van der Waals surface area (Å²) in [5.74, 6) is 0. The van der Waals surface area contributed by atoms with Crippen molar-refractivity contribution in [2.45, 2.75) is 19.6 Å². The minimum absolute atomic E-state index is 0.323. The number of aliphatic hydroxyl groups excluding tert-OH is 1. The van der Waals surface area contributed by atoms with Gasteiger partial charge in [-0.05, 0) is 29.5 Å². The highest BCUT2D eigenvalue weighted by atomic mass is 127. The summed E-state index contributed by atoms with van der Waals surface area (Å²) in [5, 5.41) is 13.0. The number of nitrogens with zero attached hydrogens (tertiary/aromatic N) is 2. The van der Waals surface area contributed by atoms with Crippen LogP contribution in [-0.2, 0) is 6.54 Å². The molecule has 0 spiro atoms. The van der Waals surface area contributed by atoms with Gasteiger partial charge in [0.2, 0.25) is 0 Å². The molecule has 0 bridgehead atoms. The molecule has 1 rings (SSSR count). The fourth-order valence-electron chi connectivity index (χ4n) is 0.709. The van der Waals surface area contributed by atoms with Crippen molar-refractivity contribution in [2.24, 2.45) is 0 Å². The fraction of sp³-hybridized carbons (Fsp3) is 0.500. The number of halogens is 1. The molecule has 1 aromatic rings. The highest BCUT2D eigenvalue weighted by molar-refractivity contribution is 14.1. The van der Waals surface area contributed by atoms with Gasteiger partial charge in [0, 0.05) is 6.20 Å². The molecule has 0 radical (unpaired) electrons. The Bertz CT molecular complexity index is 209. The molecule has 0 fully saturated rings. The van der Waals surface area contributed by atoms with E-state index >= 15 is 0 Å². The molecule has 10 heavy (non-hydrogen) atoms. The Morgan fingerprint density at radius 2 is 2.60 bits per heavy atom. The van der Waals surface area contributed by atoms with Crippen LogP contribution < -0.4 is 0 Å². The summed E-state index contributed by atoms with van der Waals surface area (Å²) in [6.45, 7) is 2.32. The van der Waals surface area contributed by atoms with E-state index in [1.165, 1.54) is 0 Å². The van der Waals surface area contributed by atoms with Gasteiger partial charge in [0.05, 0.1) is 22.4 Å². The normalized spacial score (nSPS) is 13.5. The minimum atomic E-state index is -0.323. The molecule has 0 amide bonds. The average molecular weight is 252 g/mol. The highest BCUT2D eigenvalue weighted by Crippen LogP contribution is 2.01. The van der Waals surface area contributed by atoms with Crippen LogP contribution in [0.25, 0.3) is 0 Å². The maximum absolute atomic E-state index is 8.95. The SMILES string of the molecule is C[C@@H](O)Cn1cc(I)cn1. The predicted octanol–water partition coefficient (Wildman–Crippen LogP) is 0.869. The summed E-state index contributed by atoms with van der Waals surface area (Å²) in [6, 6.07) is 0. The number of hydrogen-bond donors (Lipinski definition) is 1. The monoisotopic (exact) mass is 252 g/mol. The maximum Gasteiger partial charge on any atom is 0.0708 e. The molecule has 3 nitrogen and oxygen atoms in total. The third kappa shape index (κ3) is 2.26. The molecule has 0 saturated carbocycles. The van der Waals surface area contributed by atoms with E-state index < -0.39 is 0 Å². The zero-order valence-corrected chi connectivity index (χ0v) is 7.82. The summed E-state index contributed by atoms with van der Waals surface area (Å²) in [6.07, 6.45) is 3.34. The topological polar surface area (TPSA) is 38.0 Å². The minimum Gasteiger partial charge on any atom is -0.391 e. The van der Waals surface area contributed by atoms with Crippen molar-refractivity contribution < 1.29 is 5.11 Å². The second-order valence-corrected chi connectivity index (χ2v) is 3.48. The largest absolute Gasteiger partial charge is 0.391 e. The molecule has 0 aliphatic carbocycles. The predicted molar refractivity (Wildman–Crippen MR) is 46.6 cm³/mol. The zero-order valence-electron chi connectivity index (χ0n) is 5.66. The van der Waals surface area contributed by atoms with E-state index in [1.807, 2.05) is 6.20 Å². The van der Waals surface area contributed by atoms with Gasteiger partial charge in [-0.1, -0.05) is 0 Å². The van der Waals surface area contributed by atoms with Gasteiger partial charge in [-0.25, -0.2) is 0 Å². The smallest absolute Gasteiger partial charge is 0.0708 e. The van der Waals surface area contributed by atoms with Gasteiger partial charge in [-0.2, -0.15) is 5.10 Å². The lowest BCUT2D eigenvalue weighted by atomic mass is 10.4. The number of hydrogen-bond acceptors (Lipinski definition) is 2. The molecule has 0 unspecified atom stereocenters. The molecular weight excluding hydrogens is 243 g/mol. The Kier molecular flexibility index (Phi) is 2.67. The second-order valence-electron chi connectivity index (χ2n) is 2.23. The third-order valence-corrected chi connectivity index (χ3v) is 1.61. The highest BCUT2D eigenvalue weighted by Gasteiger charge is 1.98. The van der Waals surface area contributed by atoms with Gasteiger partial charge < -0.3 is 5.11 Å². The Labute approximate surface area is 73.2 Å². The summed E-state index contributed by atoms with van der Waals surface area (Å²) in [7, 11) is 0. The molecule has 0 aromatic carbocycles. The standard InChI is InChI=1S/C6H9IN2O/c1-5(10)3-9-4-6(7)2-8-9/h2,4-5,10H,3H2,1H3/t5-/m1/s1. The van der Waals surface area contributed by atoms with E-state index in [-0.39, 0.29) is 6.10 Å². The van der Waals surface area contributed by atoms with E-state index in [9.17, 15) is 0 Å². The molecular formula is C6H9IN2O. The third-order valence-electron chi connectivity index (χ3n) is 1.05. The van der Waals surface area contributed by atoms with Crippen LogP contribution >= 0.6 is 22.6 Å². The molecule has 1 heterocycles. The Balaban J connectivity index is 2.58. The van der Waals surface area contributed by atoms with Crippen LogP contribution in [0.15, 0.2) is 12.4 Å². The van der Waals surface area contributed by atoms with E-state index in [0.29, 0.717) is 6.54 Å². The first-order valence-corrected chi connectivity index (χ1v) is 4.12. The Morgan fingerprint density at radius 1 is 1.90 bits per heavy atom. The zero-order chi connectivity index (χ0) is 7.56. The van der Waals surface area contributed by atoms with E-state index in [4.69, 9.17) is 5.11 Å². The van der Waals surface area contributed by atoms with Crippen LogP contribution in [0, 0.1) is 3.57 Å². The first-order chi connectivity index (χ1) is 4.68. The fourth-order valence-corrected chi connectivity index (χ4v) is 1.15. The van der Waals surface area contributed by atoms with Crippen LogP contribution in [0.1, 0.15) is 6.92 Å². The lowest BCUT2D eigenvalue weighted by molar-refractivity contribution is 0.168. The van der Waals surface area contributed by atoms with Crippen LogP contribution in [-0.4, -0.2) is 21.0 Å². The molecule has 0 aliphatic heterocycles. The lowest BCUT2D eigenvalue weighted by Gasteiger charge is -2.01. The lowest BCUT2D eigenvalue weighted by Crippen LogP contribution is -2.11. The van der Waals surface area contributed by atoms with Crippen molar-refractivity contribution in [1.82, 2.24) is 9.78 Å². The van der Waals surface area contributed by atoms with Crippen molar-refractivity contribution in [3.05, 3.63) is 16.0 Å². The van der Waals surface area contributed by atoms with Crippen molar-refractivity contribution in [3.63, 3.8) is 0 Å². The van der Waals surface area contributed by atoms with Crippen LogP contribution in [0.5, 0.6) is 0 Å². The first kappa shape index (κ1) is 8.00. The summed E-state index contributed by atoms with van der Waals surface area (Å²) in [4.78, 5) is 0. The van der Waals surface area contributed by atoms with Crippen molar-refractivity contribution in [1.29, 1.82) is 0 Å². The van der Waals surface area contributed by atoms with Crippen molar-refractivity contribution in [3.8, 4) is 0 Å². The number of aromatic nitrogens is 2. The average Bonchev–Trinajstić information content (AvgIpc) is 2.13. The first-order valence-electron chi connectivity index (χ1n) is 3.04. The van der Waals surface area contributed by atoms with E-state index in [2.05, 4.69) is 27.7 Å². The summed E-state index contributed by atoms with van der Waals surface area (Å²) >= 11 is 2.18. The van der Waals surface area contributed by atoms with Crippen molar-refractivity contribution >= 4 is 22.6 Å². The molecule has 56 valence electrons. The van der Waals surface area contributed by atoms with Crippen LogP contribution in [0.4, 0.5) is 0 Å². The number of rotatable bonds is 2. The molecule has 1 atom stereocenters. The Morgan fingerprint density at radius 3 is 3.00 bits per heavy atom. The van der Waals surface area contributed by atoms with Crippen LogP contribution in [0.3, 0.4) is 0 Å². The van der Waals surface area contributed by atoms with Gasteiger partial charge in [-0.15, -0.1) is 0 Å².